The number of ether oxygens (including phenoxy) is 1. The zero-order valence-corrected chi connectivity index (χ0v) is 12.7. The number of hydrogen-bond donors (Lipinski definition) is 2. The minimum atomic E-state index is -0.169. The number of amides is 1. The maximum atomic E-state index is 12.6. The van der Waals surface area contributed by atoms with E-state index in [2.05, 4.69) is 22.5 Å². The van der Waals surface area contributed by atoms with Gasteiger partial charge in [0.2, 0.25) is 5.91 Å². The summed E-state index contributed by atoms with van der Waals surface area (Å²) in [5.74, 6) is 0.250. The van der Waals surface area contributed by atoms with Gasteiger partial charge >= 0.3 is 0 Å². The van der Waals surface area contributed by atoms with Crippen LogP contribution in [0.15, 0.2) is 0 Å². The third kappa shape index (κ3) is 4.17. The van der Waals surface area contributed by atoms with Crippen molar-refractivity contribution in [3.63, 3.8) is 0 Å². The molecule has 1 atom stereocenters. The van der Waals surface area contributed by atoms with Gasteiger partial charge in [-0.3, -0.25) is 9.69 Å². The number of nitrogens with zero attached hydrogens (tertiary/aromatic N) is 1. The Kier molecular flexibility index (Phi) is 6.26. The summed E-state index contributed by atoms with van der Waals surface area (Å²) < 4.78 is 5.33. The van der Waals surface area contributed by atoms with Crippen LogP contribution >= 0.6 is 0 Å². The Hall–Kier alpha value is -0.650. The number of piperidine rings is 1. The highest BCUT2D eigenvalue weighted by Crippen LogP contribution is 2.31. The van der Waals surface area contributed by atoms with Gasteiger partial charge in [0, 0.05) is 32.7 Å². The SMILES string of the molecule is CCCC1(C(=O)NCCN2CCOCC2)CCCNC1. The van der Waals surface area contributed by atoms with Gasteiger partial charge in [-0.2, -0.15) is 0 Å². The summed E-state index contributed by atoms with van der Waals surface area (Å²) in [7, 11) is 0. The summed E-state index contributed by atoms with van der Waals surface area (Å²) in [6.45, 7) is 9.34. The molecule has 2 aliphatic rings. The van der Waals surface area contributed by atoms with Crippen molar-refractivity contribution in [2.75, 3.05) is 52.5 Å². The maximum Gasteiger partial charge on any atom is 0.227 e. The van der Waals surface area contributed by atoms with Crippen LogP contribution < -0.4 is 10.6 Å². The van der Waals surface area contributed by atoms with Crippen LogP contribution in [0.2, 0.25) is 0 Å². The van der Waals surface area contributed by atoms with Crippen molar-refractivity contribution in [2.45, 2.75) is 32.6 Å². The molecule has 0 saturated carbocycles. The van der Waals surface area contributed by atoms with E-state index in [-0.39, 0.29) is 11.3 Å². The molecular weight excluding hydrogens is 254 g/mol. The van der Waals surface area contributed by atoms with Crippen LogP contribution in [-0.2, 0) is 9.53 Å². The molecule has 0 spiro atoms. The Balaban J connectivity index is 1.76. The van der Waals surface area contributed by atoms with E-state index >= 15 is 0 Å². The molecule has 1 amide bonds. The Morgan fingerprint density at radius 2 is 2.20 bits per heavy atom. The van der Waals surface area contributed by atoms with Gasteiger partial charge in [0.1, 0.15) is 0 Å². The molecule has 2 saturated heterocycles. The quantitative estimate of drug-likeness (QED) is 0.750. The first-order valence-electron chi connectivity index (χ1n) is 8.06. The average molecular weight is 283 g/mol. The van der Waals surface area contributed by atoms with E-state index in [1.165, 1.54) is 0 Å². The number of rotatable bonds is 6. The molecule has 116 valence electrons. The molecule has 2 N–H and O–H groups in total. The molecule has 5 nitrogen and oxygen atoms in total. The van der Waals surface area contributed by atoms with Crippen LogP contribution in [0.3, 0.4) is 0 Å². The number of nitrogens with one attached hydrogen (secondary N) is 2. The molecule has 0 aromatic heterocycles. The van der Waals surface area contributed by atoms with Crippen molar-refractivity contribution >= 4 is 5.91 Å². The number of carbonyl (C=O) groups is 1. The fourth-order valence-electron chi connectivity index (χ4n) is 3.31. The largest absolute Gasteiger partial charge is 0.379 e. The van der Waals surface area contributed by atoms with Crippen molar-refractivity contribution in [1.29, 1.82) is 0 Å². The number of hydrogen-bond acceptors (Lipinski definition) is 4. The third-order valence-corrected chi connectivity index (χ3v) is 4.50. The molecule has 2 rings (SSSR count). The van der Waals surface area contributed by atoms with Crippen molar-refractivity contribution in [2.24, 2.45) is 5.41 Å². The van der Waals surface area contributed by atoms with E-state index in [1.54, 1.807) is 0 Å². The summed E-state index contributed by atoms with van der Waals surface area (Å²) >= 11 is 0. The van der Waals surface area contributed by atoms with Crippen LogP contribution in [0.5, 0.6) is 0 Å². The van der Waals surface area contributed by atoms with E-state index in [9.17, 15) is 4.79 Å². The lowest BCUT2D eigenvalue weighted by atomic mass is 9.76. The normalized spacial score (nSPS) is 28.2. The predicted octanol–water partition coefficient (Wildman–Crippen LogP) is 0.605. The summed E-state index contributed by atoms with van der Waals surface area (Å²) in [6.07, 6.45) is 4.19. The topological polar surface area (TPSA) is 53.6 Å². The summed E-state index contributed by atoms with van der Waals surface area (Å²) in [6, 6.07) is 0. The molecule has 2 heterocycles. The van der Waals surface area contributed by atoms with Crippen molar-refractivity contribution in [1.82, 2.24) is 15.5 Å². The van der Waals surface area contributed by atoms with Gasteiger partial charge in [-0.25, -0.2) is 0 Å². The Morgan fingerprint density at radius 3 is 2.85 bits per heavy atom. The first kappa shape index (κ1) is 15.7. The summed E-state index contributed by atoms with van der Waals surface area (Å²) in [4.78, 5) is 14.9. The van der Waals surface area contributed by atoms with Gasteiger partial charge in [0.05, 0.1) is 18.6 Å². The highest BCUT2D eigenvalue weighted by molar-refractivity contribution is 5.83. The zero-order chi connectivity index (χ0) is 14.3. The minimum absolute atomic E-state index is 0.169. The van der Waals surface area contributed by atoms with Gasteiger partial charge in [0.15, 0.2) is 0 Å². The van der Waals surface area contributed by atoms with Crippen molar-refractivity contribution in [3.8, 4) is 0 Å². The molecule has 2 fully saturated rings. The van der Waals surface area contributed by atoms with Crippen LogP contribution in [0, 0.1) is 5.41 Å². The predicted molar refractivity (Wildman–Crippen MR) is 79.7 cm³/mol. The van der Waals surface area contributed by atoms with Crippen LogP contribution in [-0.4, -0.2) is 63.3 Å². The van der Waals surface area contributed by atoms with E-state index in [4.69, 9.17) is 4.74 Å². The molecule has 0 aromatic carbocycles. The average Bonchev–Trinajstić information content (AvgIpc) is 2.49. The Morgan fingerprint density at radius 1 is 1.40 bits per heavy atom. The molecule has 20 heavy (non-hydrogen) atoms. The van der Waals surface area contributed by atoms with Crippen molar-refractivity contribution in [3.05, 3.63) is 0 Å². The second kappa shape index (κ2) is 7.96. The highest BCUT2D eigenvalue weighted by atomic mass is 16.5. The van der Waals surface area contributed by atoms with Crippen LogP contribution in [0.1, 0.15) is 32.6 Å². The third-order valence-electron chi connectivity index (χ3n) is 4.50. The van der Waals surface area contributed by atoms with Crippen molar-refractivity contribution < 1.29 is 9.53 Å². The highest BCUT2D eigenvalue weighted by Gasteiger charge is 2.38. The maximum absolute atomic E-state index is 12.6. The zero-order valence-electron chi connectivity index (χ0n) is 12.7. The Labute approximate surface area is 122 Å². The molecule has 2 aliphatic heterocycles. The monoisotopic (exact) mass is 283 g/mol. The van der Waals surface area contributed by atoms with Gasteiger partial charge < -0.3 is 15.4 Å². The molecule has 5 heteroatoms. The van der Waals surface area contributed by atoms with Crippen LogP contribution in [0.25, 0.3) is 0 Å². The molecule has 0 bridgehead atoms. The van der Waals surface area contributed by atoms with Gasteiger partial charge in [-0.1, -0.05) is 13.3 Å². The molecule has 1 unspecified atom stereocenters. The second-order valence-electron chi connectivity index (χ2n) is 6.02. The summed E-state index contributed by atoms with van der Waals surface area (Å²) in [5, 5.41) is 6.56. The number of carbonyl (C=O) groups excluding carboxylic acids is 1. The van der Waals surface area contributed by atoms with Gasteiger partial charge in [-0.05, 0) is 25.8 Å². The minimum Gasteiger partial charge on any atom is -0.379 e. The first-order valence-corrected chi connectivity index (χ1v) is 8.06. The lowest BCUT2D eigenvalue weighted by Crippen LogP contribution is -2.52. The second-order valence-corrected chi connectivity index (χ2v) is 6.02. The fourth-order valence-corrected chi connectivity index (χ4v) is 3.31. The van der Waals surface area contributed by atoms with E-state index < -0.39 is 0 Å². The van der Waals surface area contributed by atoms with E-state index in [1.807, 2.05) is 0 Å². The molecule has 0 aliphatic carbocycles. The first-order chi connectivity index (χ1) is 9.77. The summed E-state index contributed by atoms with van der Waals surface area (Å²) in [5.41, 5.74) is -0.169. The molecular formula is C15H29N3O2. The van der Waals surface area contributed by atoms with E-state index in [0.29, 0.717) is 0 Å². The van der Waals surface area contributed by atoms with Crippen LogP contribution in [0.4, 0.5) is 0 Å². The number of morpholine rings is 1. The molecule has 0 aromatic rings. The fraction of sp³-hybridized carbons (Fsp3) is 0.933. The van der Waals surface area contributed by atoms with E-state index in [0.717, 1.165) is 78.2 Å². The smallest absolute Gasteiger partial charge is 0.227 e. The van der Waals surface area contributed by atoms with Gasteiger partial charge in [-0.15, -0.1) is 0 Å². The lowest BCUT2D eigenvalue weighted by Gasteiger charge is -2.36. The van der Waals surface area contributed by atoms with Gasteiger partial charge in [0.25, 0.3) is 0 Å². The Bertz CT molecular complexity index is 292. The standard InChI is InChI=1S/C15H29N3O2/c1-2-4-15(5-3-6-16-13-15)14(19)17-7-8-18-9-11-20-12-10-18/h16H,2-13H2,1H3,(H,17,19). The molecule has 0 radical (unpaired) electrons. The lowest BCUT2D eigenvalue weighted by molar-refractivity contribution is -0.132.